The van der Waals surface area contributed by atoms with Crippen LogP contribution in [0.3, 0.4) is 0 Å². The van der Waals surface area contributed by atoms with Crippen molar-refractivity contribution >= 4 is 11.4 Å². The first-order chi connectivity index (χ1) is 7.66. The van der Waals surface area contributed by atoms with Gasteiger partial charge >= 0.3 is 5.69 Å². The van der Waals surface area contributed by atoms with E-state index in [1.54, 1.807) is 12.2 Å². The van der Waals surface area contributed by atoms with Crippen molar-refractivity contribution in [3.05, 3.63) is 46.3 Å². The molecule has 0 amide bonds. The summed E-state index contributed by atoms with van der Waals surface area (Å²) >= 11 is 0. The zero-order valence-corrected chi connectivity index (χ0v) is 8.52. The van der Waals surface area contributed by atoms with Crippen LogP contribution < -0.4 is 11.1 Å². The third-order valence-corrected chi connectivity index (χ3v) is 1.88. The minimum atomic E-state index is -0.849. The van der Waals surface area contributed by atoms with Gasteiger partial charge in [0, 0.05) is 13.1 Å². The van der Waals surface area contributed by atoms with E-state index in [2.05, 4.69) is 5.32 Å². The normalized spacial score (nSPS) is 10.6. The fourth-order valence-corrected chi connectivity index (χ4v) is 1.19. The van der Waals surface area contributed by atoms with Crippen molar-refractivity contribution in [1.29, 1.82) is 0 Å². The quantitative estimate of drug-likeness (QED) is 0.453. The molecule has 0 aliphatic rings. The molecule has 0 saturated carbocycles. The molecule has 1 rings (SSSR count). The lowest BCUT2D eigenvalue weighted by Gasteiger charge is -2.04. The van der Waals surface area contributed by atoms with Crippen LogP contribution in [-0.4, -0.2) is 18.0 Å². The smallest absolute Gasteiger partial charge is 0.327 e. The molecule has 3 N–H and O–H groups in total. The summed E-state index contributed by atoms with van der Waals surface area (Å²) in [7, 11) is 0. The monoisotopic (exact) mass is 225 g/mol. The Hall–Kier alpha value is -1.95. The number of benzene rings is 1. The average molecular weight is 225 g/mol. The SMILES string of the molecule is NC/C=C/CNc1cccc(F)c1[N+](=O)[O-]. The van der Waals surface area contributed by atoms with E-state index < -0.39 is 16.4 Å². The van der Waals surface area contributed by atoms with E-state index in [1.807, 2.05) is 0 Å². The summed E-state index contributed by atoms with van der Waals surface area (Å²) in [4.78, 5) is 9.87. The molecule has 16 heavy (non-hydrogen) atoms. The van der Waals surface area contributed by atoms with Gasteiger partial charge in [0.2, 0.25) is 5.82 Å². The van der Waals surface area contributed by atoms with Crippen molar-refractivity contribution in [2.75, 3.05) is 18.4 Å². The lowest BCUT2D eigenvalue weighted by Crippen LogP contribution is -2.04. The molecule has 0 unspecified atom stereocenters. The van der Waals surface area contributed by atoms with Crippen LogP contribution in [0.4, 0.5) is 15.8 Å². The van der Waals surface area contributed by atoms with Crippen molar-refractivity contribution in [2.24, 2.45) is 5.73 Å². The Kier molecular flexibility index (Phi) is 4.41. The number of halogens is 1. The predicted octanol–water partition coefficient (Wildman–Crippen LogP) is 1.66. The summed E-state index contributed by atoms with van der Waals surface area (Å²) in [5.74, 6) is -0.849. The van der Waals surface area contributed by atoms with Crippen LogP contribution in [0.15, 0.2) is 30.4 Å². The molecule has 1 aromatic carbocycles. The maximum absolute atomic E-state index is 13.2. The highest BCUT2D eigenvalue weighted by atomic mass is 19.1. The molecule has 0 radical (unpaired) electrons. The first-order valence-electron chi connectivity index (χ1n) is 4.68. The highest BCUT2D eigenvalue weighted by Gasteiger charge is 2.18. The van der Waals surface area contributed by atoms with Gasteiger partial charge in [-0.2, -0.15) is 4.39 Å². The van der Waals surface area contributed by atoms with Gasteiger partial charge in [-0.1, -0.05) is 18.2 Å². The summed E-state index contributed by atoms with van der Waals surface area (Å²) in [6.45, 7) is 0.758. The number of nitrogens with one attached hydrogen (secondary N) is 1. The summed E-state index contributed by atoms with van der Waals surface area (Å²) in [5.41, 5.74) is 4.85. The molecule has 1 aromatic rings. The van der Waals surface area contributed by atoms with Gasteiger partial charge in [-0.05, 0) is 12.1 Å². The molecule has 0 spiro atoms. The van der Waals surface area contributed by atoms with E-state index in [1.165, 1.54) is 12.1 Å². The summed E-state index contributed by atoms with van der Waals surface area (Å²) in [5, 5.41) is 13.4. The number of para-hydroxylation sites is 1. The van der Waals surface area contributed by atoms with Crippen molar-refractivity contribution < 1.29 is 9.31 Å². The molecule has 86 valence electrons. The first kappa shape index (κ1) is 12.1. The van der Waals surface area contributed by atoms with Crippen LogP contribution >= 0.6 is 0 Å². The molecule has 0 aliphatic heterocycles. The molecule has 0 atom stereocenters. The third-order valence-electron chi connectivity index (χ3n) is 1.88. The predicted molar refractivity (Wildman–Crippen MR) is 59.7 cm³/mol. The van der Waals surface area contributed by atoms with Crippen LogP contribution in [0.25, 0.3) is 0 Å². The van der Waals surface area contributed by atoms with Crippen LogP contribution in [0, 0.1) is 15.9 Å². The van der Waals surface area contributed by atoms with Crippen molar-refractivity contribution in [3.8, 4) is 0 Å². The fourth-order valence-electron chi connectivity index (χ4n) is 1.19. The van der Waals surface area contributed by atoms with Crippen molar-refractivity contribution in [2.45, 2.75) is 0 Å². The zero-order valence-electron chi connectivity index (χ0n) is 8.52. The number of anilines is 1. The molecular formula is C10H12FN3O2. The Balaban J connectivity index is 2.83. The van der Waals surface area contributed by atoms with Gasteiger partial charge in [0.25, 0.3) is 0 Å². The van der Waals surface area contributed by atoms with E-state index in [9.17, 15) is 14.5 Å². The second-order valence-electron chi connectivity index (χ2n) is 2.98. The van der Waals surface area contributed by atoms with E-state index in [4.69, 9.17) is 5.73 Å². The topological polar surface area (TPSA) is 81.2 Å². The molecule has 0 aromatic heterocycles. The van der Waals surface area contributed by atoms with E-state index in [0.717, 1.165) is 6.07 Å². The number of hydrogen-bond acceptors (Lipinski definition) is 4. The Morgan fingerprint density at radius 2 is 2.25 bits per heavy atom. The van der Waals surface area contributed by atoms with Gasteiger partial charge in [0.1, 0.15) is 5.69 Å². The Morgan fingerprint density at radius 3 is 2.88 bits per heavy atom. The minimum Gasteiger partial charge on any atom is -0.376 e. The van der Waals surface area contributed by atoms with Crippen LogP contribution in [0.5, 0.6) is 0 Å². The molecule has 0 bridgehead atoms. The summed E-state index contributed by atoms with van der Waals surface area (Å²) < 4.78 is 13.2. The van der Waals surface area contributed by atoms with Crippen LogP contribution in [0.2, 0.25) is 0 Å². The zero-order chi connectivity index (χ0) is 12.0. The number of nitro benzene ring substituents is 1. The highest BCUT2D eigenvalue weighted by Crippen LogP contribution is 2.26. The van der Waals surface area contributed by atoms with Gasteiger partial charge in [-0.25, -0.2) is 0 Å². The Labute approximate surface area is 91.9 Å². The fraction of sp³-hybridized carbons (Fsp3) is 0.200. The van der Waals surface area contributed by atoms with Crippen LogP contribution in [-0.2, 0) is 0 Å². The average Bonchev–Trinajstić information content (AvgIpc) is 2.24. The molecule has 5 nitrogen and oxygen atoms in total. The molecule has 6 heteroatoms. The summed E-state index contributed by atoms with van der Waals surface area (Å²) in [6, 6.07) is 3.92. The molecule has 0 saturated heterocycles. The molecular weight excluding hydrogens is 213 g/mol. The number of hydrogen-bond donors (Lipinski definition) is 2. The van der Waals surface area contributed by atoms with Gasteiger partial charge in [0.05, 0.1) is 4.92 Å². The van der Waals surface area contributed by atoms with Gasteiger partial charge < -0.3 is 11.1 Å². The Morgan fingerprint density at radius 1 is 1.50 bits per heavy atom. The van der Waals surface area contributed by atoms with Gasteiger partial charge in [-0.15, -0.1) is 0 Å². The van der Waals surface area contributed by atoms with E-state index >= 15 is 0 Å². The maximum atomic E-state index is 13.2. The highest BCUT2D eigenvalue weighted by molar-refractivity contribution is 5.62. The van der Waals surface area contributed by atoms with E-state index in [0.29, 0.717) is 13.1 Å². The Bertz CT molecular complexity index is 407. The lowest BCUT2D eigenvalue weighted by molar-refractivity contribution is -0.386. The molecule has 0 fully saturated rings. The van der Waals surface area contributed by atoms with Crippen molar-refractivity contribution in [1.82, 2.24) is 0 Å². The van der Waals surface area contributed by atoms with Crippen LogP contribution in [0.1, 0.15) is 0 Å². The number of nitrogens with two attached hydrogens (primary N) is 1. The van der Waals surface area contributed by atoms with Crippen molar-refractivity contribution in [3.63, 3.8) is 0 Å². The first-order valence-corrected chi connectivity index (χ1v) is 4.68. The van der Waals surface area contributed by atoms with Gasteiger partial charge in [-0.3, -0.25) is 10.1 Å². The second-order valence-corrected chi connectivity index (χ2v) is 2.98. The summed E-state index contributed by atoms with van der Waals surface area (Å²) in [6.07, 6.45) is 3.42. The number of rotatable bonds is 5. The second kappa shape index (κ2) is 5.82. The molecule has 0 heterocycles. The lowest BCUT2D eigenvalue weighted by atomic mass is 10.2. The number of nitrogens with zero attached hydrogens (tertiary/aromatic N) is 1. The van der Waals surface area contributed by atoms with E-state index in [-0.39, 0.29) is 5.69 Å². The molecule has 0 aliphatic carbocycles. The maximum Gasteiger partial charge on any atom is 0.327 e. The minimum absolute atomic E-state index is 0.159. The standard InChI is InChI=1S/C10H12FN3O2/c11-8-4-3-5-9(10(8)14(15)16)13-7-2-1-6-12/h1-5,13H,6-7,12H2/b2-1+. The third kappa shape index (κ3) is 3.03. The van der Waals surface area contributed by atoms with Gasteiger partial charge in [0.15, 0.2) is 0 Å². The number of nitro groups is 1. The largest absolute Gasteiger partial charge is 0.376 e.